The third-order valence-electron chi connectivity index (χ3n) is 5.68. The van der Waals surface area contributed by atoms with Gasteiger partial charge in [-0.15, -0.1) is 0 Å². The quantitative estimate of drug-likeness (QED) is 0.849. The van der Waals surface area contributed by atoms with Crippen molar-refractivity contribution in [1.29, 1.82) is 0 Å². The zero-order chi connectivity index (χ0) is 15.6. The van der Waals surface area contributed by atoms with E-state index in [1.54, 1.807) is 0 Å². The van der Waals surface area contributed by atoms with E-state index in [0.717, 1.165) is 25.2 Å². The molecule has 4 atom stereocenters. The van der Waals surface area contributed by atoms with Crippen molar-refractivity contribution in [2.24, 2.45) is 23.0 Å². The smallest absolute Gasteiger partial charge is 0.226 e. The summed E-state index contributed by atoms with van der Waals surface area (Å²) in [5.41, 5.74) is 6.91. The van der Waals surface area contributed by atoms with Crippen molar-refractivity contribution in [2.75, 3.05) is 6.54 Å². The molecule has 2 aliphatic carbocycles. The number of nitrogens with two attached hydrogens (primary N) is 1. The molecule has 2 aliphatic rings. The number of hydrogen-bond acceptors (Lipinski definition) is 2. The number of rotatable bonds is 6. The maximum atomic E-state index is 13.0. The lowest BCUT2D eigenvalue weighted by molar-refractivity contribution is -0.134. The van der Waals surface area contributed by atoms with Crippen molar-refractivity contribution in [3.05, 3.63) is 35.9 Å². The molecule has 2 fully saturated rings. The number of nitrogens with one attached hydrogen (secondary N) is 1. The maximum Gasteiger partial charge on any atom is 0.226 e. The summed E-state index contributed by atoms with van der Waals surface area (Å²) in [6, 6.07) is 10.6. The molecule has 0 radical (unpaired) electrons. The van der Waals surface area contributed by atoms with Crippen LogP contribution in [0.1, 0.15) is 44.6 Å². The van der Waals surface area contributed by atoms with Gasteiger partial charge in [-0.2, -0.15) is 0 Å². The molecule has 120 valence electrons. The first-order valence-corrected chi connectivity index (χ1v) is 8.68. The molecule has 1 aromatic carbocycles. The summed E-state index contributed by atoms with van der Waals surface area (Å²) in [4.78, 5) is 13.0. The topological polar surface area (TPSA) is 55.1 Å². The van der Waals surface area contributed by atoms with E-state index >= 15 is 0 Å². The molecule has 2 bridgehead atoms. The van der Waals surface area contributed by atoms with Crippen molar-refractivity contribution in [3.63, 3.8) is 0 Å². The lowest BCUT2D eigenvalue weighted by Crippen LogP contribution is -2.46. The average Bonchev–Trinajstić information content (AvgIpc) is 3.09. The largest absolute Gasteiger partial charge is 0.356 e. The second-order valence-electron chi connectivity index (χ2n) is 7.42. The van der Waals surface area contributed by atoms with E-state index in [-0.39, 0.29) is 17.4 Å². The Morgan fingerprint density at radius 1 is 1.36 bits per heavy atom. The van der Waals surface area contributed by atoms with Crippen LogP contribution in [0.25, 0.3) is 0 Å². The van der Waals surface area contributed by atoms with Crippen molar-refractivity contribution >= 4 is 5.91 Å². The molecule has 0 saturated heterocycles. The van der Waals surface area contributed by atoms with Crippen molar-refractivity contribution < 1.29 is 4.79 Å². The van der Waals surface area contributed by atoms with Crippen LogP contribution in [0, 0.1) is 17.3 Å². The van der Waals surface area contributed by atoms with E-state index in [1.807, 2.05) is 13.0 Å². The van der Waals surface area contributed by atoms with Gasteiger partial charge in [0.2, 0.25) is 5.91 Å². The molecule has 3 heteroatoms. The van der Waals surface area contributed by atoms with Gasteiger partial charge in [0.05, 0.1) is 5.41 Å². The summed E-state index contributed by atoms with van der Waals surface area (Å²) in [6.45, 7) is 2.69. The molecule has 3 rings (SSSR count). The van der Waals surface area contributed by atoms with E-state index in [2.05, 4.69) is 29.6 Å². The Hall–Kier alpha value is -1.35. The zero-order valence-electron chi connectivity index (χ0n) is 13.6. The highest BCUT2D eigenvalue weighted by atomic mass is 16.2. The molecule has 3 nitrogen and oxygen atoms in total. The number of carbonyl (C=O) groups excluding carboxylic acids is 1. The van der Waals surface area contributed by atoms with Gasteiger partial charge in [0, 0.05) is 12.6 Å². The van der Waals surface area contributed by atoms with Gasteiger partial charge in [-0.05, 0) is 56.4 Å². The summed E-state index contributed by atoms with van der Waals surface area (Å²) in [5, 5.41) is 3.18. The average molecular weight is 300 g/mol. The number of amides is 1. The van der Waals surface area contributed by atoms with Gasteiger partial charge in [-0.3, -0.25) is 4.79 Å². The normalized spacial score (nSPS) is 31.2. The highest BCUT2D eigenvalue weighted by Crippen LogP contribution is 2.57. The second kappa shape index (κ2) is 6.41. The van der Waals surface area contributed by atoms with Gasteiger partial charge in [-0.25, -0.2) is 0 Å². The molecular weight excluding hydrogens is 272 g/mol. The van der Waals surface area contributed by atoms with Crippen LogP contribution in [-0.4, -0.2) is 18.5 Å². The van der Waals surface area contributed by atoms with Gasteiger partial charge in [0.1, 0.15) is 0 Å². The molecule has 0 aliphatic heterocycles. The lowest BCUT2D eigenvalue weighted by Gasteiger charge is -2.36. The number of hydrogen-bond donors (Lipinski definition) is 2. The summed E-state index contributed by atoms with van der Waals surface area (Å²) in [5.74, 6) is 1.59. The predicted molar refractivity (Wildman–Crippen MR) is 89.3 cm³/mol. The van der Waals surface area contributed by atoms with Gasteiger partial charge >= 0.3 is 0 Å². The van der Waals surface area contributed by atoms with Crippen LogP contribution in [0.3, 0.4) is 0 Å². The first-order chi connectivity index (χ1) is 10.6. The highest BCUT2D eigenvalue weighted by molar-refractivity contribution is 5.84. The third kappa shape index (κ3) is 3.05. The van der Waals surface area contributed by atoms with Crippen LogP contribution in [-0.2, 0) is 11.2 Å². The molecule has 22 heavy (non-hydrogen) atoms. The van der Waals surface area contributed by atoms with Gasteiger partial charge in [0.15, 0.2) is 0 Å². The Morgan fingerprint density at radius 2 is 2.14 bits per heavy atom. The maximum absolute atomic E-state index is 13.0. The van der Waals surface area contributed by atoms with E-state index < -0.39 is 0 Å². The lowest BCUT2D eigenvalue weighted by atomic mass is 9.68. The van der Waals surface area contributed by atoms with Gasteiger partial charge < -0.3 is 11.1 Å². The van der Waals surface area contributed by atoms with Crippen LogP contribution in [0.4, 0.5) is 0 Å². The fourth-order valence-corrected chi connectivity index (χ4v) is 4.57. The van der Waals surface area contributed by atoms with Crippen molar-refractivity contribution in [2.45, 2.75) is 51.5 Å². The van der Waals surface area contributed by atoms with E-state index in [0.29, 0.717) is 12.5 Å². The predicted octanol–water partition coefficient (Wildman–Crippen LogP) is 2.89. The summed E-state index contributed by atoms with van der Waals surface area (Å²) < 4.78 is 0. The monoisotopic (exact) mass is 300 g/mol. The Bertz CT molecular complexity index is 513. The van der Waals surface area contributed by atoms with Crippen LogP contribution < -0.4 is 11.1 Å². The highest BCUT2D eigenvalue weighted by Gasteiger charge is 2.55. The van der Waals surface area contributed by atoms with Crippen LogP contribution in [0.5, 0.6) is 0 Å². The standard InChI is InChI=1S/C19H28N2O/c1-14(20)9-10-21-18(22)19(12-15-5-3-2-4-6-15)13-16-7-8-17(19)11-16/h2-6,14,16-17H,7-13,20H2,1H3,(H,21,22). The first-order valence-electron chi connectivity index (χ1n) is 8.68. The summed E-state index contributed by atoms with van der Waals surface area (Å²) >= 11 is 0. The second-order valence-corrected chi connectivity index (χ2v) is 7.42. The molecular formula is C19H28N2O. The Labute approximate surface area is 133 Å². The molecule has 0 spiro atoms. The SMILES string of the molecule is CC(N)CCNC(=O)C1(Cc2ccccc2)CC2CCC1C2. The Balaban J connectivity index is 1.74. The summed E-state index contributed by atoms with van der Waals surface area (Å²) in [7, 11) is 0. The number of benzene rings is 1. The van der Waals surface area contributed by atoms with E-state index in [9.17, 15) is 4.79 Å². The van der Waals surface area contributed by atoms with Gasteiger partial charge in [0.25, 0.3) is 0 Å². The molecule has 1 aromatic rings. The number of carbonyl (C=O) groups is 1. The van der Waals surface area contributed by atoms with Crippen LogP contribution in [0.2, 0.25) is 0 Å². The minimum atomic E-state index is -0.178. The molecule has 4 unspecified atom stereocenters. The molecule has 1 amide bonds. The van der Waals surface area contributed by atoms with E-state index in [1.165, 1.54) is 24.8 Å². The van der Waals surface area contributed by atoms with Gasteiger partial charge in [-0.1, -0.05) is 36.8 Å². The molecule has 2 saturated carbocycles. The van der Waals surface area contributed by atoms with Crippen molar-refractivity contribution in [1.82, 2.24) is 5.32 Å². The Morgan fingerprint density at radius 3 is 2.73 bits per heavy atom. The Kier molecular flexibility index (Phi) is 4.53. The fraction of sp³-hybridized carbons (Fsp3) is 0.632. The number of fused-ring (bicyclic) bond motifs is 2. The fourth-order valence-electron chi connectivity index (χ4n) is 4.57. The zero-order valence-corrected chi connectivity index (χ0v) is 13.6. The molecule has 0 heterocycles. The third-order valence-corrected chi connectivity index (χ3v) is 5.68. The van der Waals surface area contributed by atoms with Crippen LogP contribution in [0.15, 0.2) is 30.3 Å². The van der Waals surface area contributed by atoms with E-state index in [4.69, 9.17) is 5.73 Å². The minimum absolute atomic E-state index is 0.144. The summed E-state index contributed by atoms with van der Waals surface area (Å²) in [6.07, 6.45) is 6.58. The molecule has 0 aromatic heterocycles. The van der Waals surface area contributed by atoms with Crippen molar-refractivity contribution in [3.8, 4) is 0 Å². The minimum Gasteiger partial charge on any atom is -0.356 e. The van der Waals surface area contributed by atoms with Crippen LogP contribution >= 0.6 is 0 Å². The molecule has 3 N–H and O–H groups in total. The first kappa shape index (κ1) is 15.5.